The van der Waals surface area contributed by atoms with Crippen LogP contribution in [0.1, 0.15) is 6.92 Å². The van der Waals surface area contributed by atoms with Crippen molar-refractivity contribution in [2.24, 2.45) is 0 Å². The highest BCUT2D eigenvalue weighted by Gasteiger charge is 2.31. The summed E-state index contributed by atoms with van der Waals surface area (Å²) in [7, 11) is -3.61. The Morgan fingerprint density at radius 3 is 2.78 bits per heavy atom. The molecular formula is C11H13Cl2NO3S. The Morgan fingerprint density at radius 1 is 1.39 bits per heavy atom. The Morgan fingerprint density at radius 2 is 2.11 bits per heavy atom. The summed E-state index contributed by atoms with van der Waals surface area (Å²) >= 11 is 11.8. The second-order valence-electron chi connectivity index (χ2n) is 4.10. The number of nitrogens with zero attached hydrogens (tertiary/aromatic N) is 1. The maximum atomic E-state index is 12.4. The lowest BCUT2D eigenvalue weighted by atomic mass is 10.3. The molecule has 0 unspecified atom stereocenters. The summed E-state index contributed by atoms with van der Waals surface area (Å²) in [5, 5.41) is 0.303. The van der Waals surface area contributed by atoms with Crippen LogP contribution in [0.15, 0.2) is 23.1 Å². The monoisotopic (exact) mass is 309 g/mol. The van der Waals surface area contributed by atoms with Crippen LogP contribution in [0.5, 0.6) is 0 Å². The number of hydrogen-bond donors (Lipinski definition) is 0. The number of sulfonamides is 1. The zero-order valence-corrected chi connectivity index (χ0v) is 12.1. The van der Waals surface area contributed by atoms with Gasteiger partial charge in [0.2, 0.25) is 10.0 Å². The highest BCUT2D eigenvalue weighted by molar-refractivity contribution is 7.89. The Hall–Kier alpha value is -0.330. The van der Waals surface area contributed by atoms with Gasteiger partial charge in [0.05, 0.1) is 22.8 Å². The summed E-state index contributed by atoms with van der Waals surface area (Å²) in [6.07, 6.45) is -0.119. The number of ether oxygens (including phenoxy) is 1. The molecule has 100 valence electrons. The van der Waals surface area contributed by atoms with Gasteiger partial charge in [-0.15, -0.1) is 0 Å². The van der Waals surface area contributed by atoms with E-state index in [1.807, 2.05) is 6.92 Å². The first-order valence-corrected chi connectivity index (χ1v) is 7.68. The fourth-order valence-corrected chi connectivity index (χ4v) is 4.06. The van der Waals surface area contributed by atoms with Crippen LogP contribution >= 0.6 is 23.2 Å². The average Bonchev–Trinajstić information content (AvgIpc) is 2.32. The summed E-state index contributed by atoms with van der Waals surface area (Å²) in [4.78, 5) is 0.0470. The van der Waals surface area contributed by atoms with Crippen LogP contribution in [0, 0.1) is 0 Å². The minimum absolute atomic E-state index is 0.0470. The molecule has 1 atom stereocenters. The van der Waals surface area contributed by atoms with Crippen LogP contribution in [0.4, 0.5) is 0 Å². The smallest absolute Gasteiger partial charge is 0.244 e. The molecule has 1 fully saturated rings. The van der Waals surface area contributed by atoms with E-state index in [1.54, 1.807) is 12.1 Å². The largest absolute Gasteiger partial charge is 0.376 e. The van der Waals surface area contributed by atoms with Crippen LogP contribution in [0.25, 0.3) is 0 Å². The molecule has 7 heteroatoms. The molecule has 18 heavy (non-hydrogen) atoms. The van der Waals surface area contributed by atoms with E-state index in [1.165, 1.54) is 10.4 Å². The molecule has 1 saturated heterocycles. The van der Waals surface area contributed by atoms with Gasteiger partial charge >= 0.3 is 0 Å². The fraction of sp³-hybridized carbons (Fsp3) is 0.455. The standard InChI is InChI=1S/C11H13Cl2NO3S/c1-8-7-14(5-6-17-8)18(15,16)10-4-2-3-9(12)11(10)13/h2-4,8H,5-7H2,1H3/t8-/m1/s1. The van der Waals surface area contributed by atoms with Crippen LogP contribution < -0.4 is 0 Å². The number of hydrogen-bond acceptors (Lipinski definition) is 3. The highest BCUT2D eigenvalue weighted by Crippen LogP contribution is 2.31. The molecule has 0 aromatic heterocycles. The Labute approximate surface area is 116 Å². The maximum Gasteiger partial charge on any atom is 0.244 e. The van der Waals surface area contributed by atoms with Crippen molar-refractivity contribution in [1.29, 1.82) is 0 Å². The van der Waals surface area contributed by atoms with E-state index < -0.39 is 10.0 Å². The second kappa shape index (κ2) is 5.35. The van der Waals surface area contributed by atoms with Gasteiger partial charge < -0.3 is 4.74 Å². The van der Waals surface area contributed by atoms with Crippen LogP contribution in [-0.2, 0) is 14.8 Å². The van der Waals surface area contributed by atoms with Crippen LogP contribution in [-0.4, -0.2) is 38.5 Å². The van der Waals surface area contributed by atoms with Gasteiger partial charge in [0.25, 0.3) is 0 Å². The summed E-state index contributed by atoms with van der Waals surface area (Å²) in [5.41, 5.74) is 0. The molecule has 0 bridgehead atoms. The SMILES string of the molecule is C[C@@H]1CN(S(=O)(=O)c2cccc(Cl)c2Cl)CCO1. The van der Waals surface area contributed by atoms with Gasteiger partial charge in [-0.2, -0.15) is 4.31 Å². The van der Waals surface area contributed by atoms with Gasteiger partial charge in [0.15, 0.2) is 0 Å². The third-order valence-electron chi connectivity index (χ3n) is 2.74. The molecule has 0 aliphatic carbocycles. The van der Waals surface area contributed by atoms with Crippen molar-refractivity contribution in [3.05, 3.63) is 28.2 Å². The van der Waals surface area contributed by atoms with E-state index in [-0.39, 0.29) is 21.0 Å². The van der Waals surface area contributed by atoms with Gasteiger partial charge in [0, 0.05) is 13.1 Å². The van der Waals surface area contributed by atoms with Gasteiger partial charge in [-0.05, 0) is 19.1 Å². The van der Waals surface area contributed by atoms with Gasteiger partial charge in [-0.3, -0.25) is 0 Å². The molecule has 4 nitrogen and oxygen atoms in total. The van der Waals surface area contributed by atoms with Gasteiger partial charge in [-0.1, -0.05) is 29.3 Å². The molecular weight excluding hydrogens is 297 g/mol. The van der Waals surface area contributed by atoms with E-state index in [9.17, 15) is 8.42 Å². The number of benzene rings is 1. The maximum absolute atomic E-state index is 12.4. The van der Waals surface area contributed by atoms with E-state index in [2.05, 4.69) is 0 Å². The van der Waals surface area contributed by atoms with E-state index in [4.69, 9.17) is 27.9 Å². The molecule has 0 spiro atoms. The fourth-order valence-electron chi connectivity index (χ4n) is 1.83. The van der Waals surface area contributed by atoms with Crippen molar-refractivity contribution < 1.29 is 13.2 Å². The third kappa shape index (κ3) is 2.65. The van der Waals surface area contributed by atoms with Crippen molar-refractivity contribution >= 4 is 33.2 Å². The van der Waals surface area contributed by atoms with E-state index in [0.717, 1.165) is 0 Å². The predicted molar refractivity (Wildman–Crippen MR) is 70.6 cm³/mol. The Balaban J connectivity index is 2.39. The molecule has 0 saturated carbocycles. The zero-order chi connectivity index (χ0) is 13.3. The summed E-state index contributed by atoms with van der Waals surface area (Å²) in [6, 6.07) is 4.60. The minimum Gasteiger partial charge on any atom is -0.376 e. The van der Waals surface area contributed by atoms with Crippen LogP contribution in [0.2, 0.25) is 10.0 Å². The van der Waals surface area contributed by atoms with Crippen LogP contribution in [0.3, 0.4) is 0 Å². The molecule has 0 radical (unpaired) electrons. The summed E-state index contributed by atoms with van der Waals surface area (Å²) < 4.78 is 31.6. The first kappa shape index (κ1) is 14.1. The Kier molecular flexibility index (Phi) is 4.18. The molecule has 1 aliphatic rings. The summed E-state index contributed by atoms with van der Waals surface area (Å²) in [5.74, 6) is 0. The molecule has 1 aromatic rings. The first-order chi connectivity index (χ1) is 8.43. The van der Waals surface area contributed by atoms with Gasteiger partial charge in [0.1, 0.15) is 4.90 Å². The minimum atomic E-state index is -3.61. The zero-order valence-electron chi connectivity index (χ0n) is 9.77. The van der Waals surface area contributed by atoms with E-state index >= 15 is 0 Å². The summed E-state index contributed by atoms with van der Waals surface area (Å²) in [6.45, 7) is 2.88. The highest BCUT2D eigenvalue weighted by atomic mass is 35.5. The van der Waals surface area contributed by atoms with Crippen molar-refractivity contribution in [1.82, 2.24) is 4.31 Å². The molecule has 0 N–H and O–H groups in total. The van der Waals surface area contributed by atoms with Crippen molar-refractivity contribution in [2.45, 2.75) is 17.9 Å². The number of morpholine rings is 1. The van der Waals surface area contributed by atoms with E-state index in [0.29, 0.717) is 19.7 Å². The molecule has 1 aromatic carbocycles. The van der Waals surface area contributed by atoms with Crippen molar-refractivity contribution in [3.8, 4) is 0 Å². The lowest BCUT2D eigenvalue weighted by molar-refractivity contribution is 0.0102. The molecule has 1 aliphatic heterocycles. The second-order valence-corrected chi connectivity index (χ2v) is 6.79. The topological polar surface area (TPSA) is 46.6 Å². The molecule has 2 rings (SSSR count). The molecule has 0 amide bonds. The number of rotatable bonds is 2. The average molecular weight is 310 g/mol. The molecule has 1 heterocycles. The Bertz CT molecular complexity index is 547. The lowest BCUT2D eigenvalue weighted by Gasteiger charge is -2.30. The first-order valence-electron chi connectivity index (χ1n) is 5.48. The normalized spacial score (nSPS) is 22.1. The van der Waals surface area contributed by atoms with Gasteiger partial charge in [-0.25, -0.2) is 8.42 Å². The quantitative estimate of drug-likeness (QED) is 0.843. The third-order valence-corrected chi connectivity index (χ3v) is 5.58. The lowest BCUT2D eigenvalue weighted by Crippen LogP contribution is -2.44. The predicted octanol–water partition coefficient (Wildman–Crippen LogP) is 2.40. The van der Waals surface area contributed by atoms with Crippen molar-refractivity contribution in [2.75, 3.05) is 19.7 Å². The number of halogens is 2. The van der Waals surface area contributed by atoms with Crippen molar-refractivity contribution in [3.63, 3.8) is 0 Å².